The quantitative estimate of drug-likeness (QED) is 0.670. The number of aromatic nitrogens is 2. The predicted molar refractivity (Wildman–Crippen MR) is 94.2 cm³/mol. The van der Waals surface area contributed by atoms with E-state index in [1.54, 1.807) is 0 Å². The van der Waals surface area contributed by atoms with Crippen LogP contribution in [0, 0.1) is 0 Å². The standard InChI is InChI=1S/C20H21FN2O/c1-20(2,13-21)16-9-7-15(8-10-16)11-12-24-19-17-5-3-4-6-18(17)22-14-23-19/h3-10,14H,11-13H2,1-2H3/i21-1. The zero-order chi connectivity index (χ0) is 17.0. The number of hydrogen-bond acceptors (Lipinski definition) is 3. The third-order valence-electron chi connectivity index (χ3n) is 4.21. The Kier molecular flexibility index (Phi) is 4.74. The van der Waals surface area contributed by atoms with Gasteiger partial charge in [0.15, 0.2) is 0 Å². The number of benzene rings is 2. The average Bonchev–Trinajstić information content (AvgIpc) is 2.62. The molecule has 3 nitrogen and oxygen atoms in total. The first-order valence-electron chi connectivity index (χ1n) is 8.08. The second-order valence-corrected chi connectivity index (χ2v) is 6.51. The minimum Gasteiger partial charge on any atom is -0.477 e. The molecule has 2 aromatic carbocycles. The summed E-state index contributed by atoms with van der Waals surface area (Å²) in [7, 11) is 0. The third-order valence-corrected chi connectivity index (χ3v) is 4.21. The van der Waals surface area contributed by atoms with Crippen molar-refractivity contribution in [2.24, 2.45) is 0 Å². The first kappa shape index (κ1) is 16.4. The van der Waals surface area contributed by atoms with Crippen LogP contribution in [0.2, 0.25) is 0 Å². The van der Waals surface area contributed by atoms with Crippen molar-refractivity contribution in [2.45, 2.75) is 25.7 Å². The van der Waals surface area contributed by atoms with Gasteiger partial charge in [-0.05, 0) is 23.3 Å². The molecule has 0 saturated heterocycles. The Morgan fingerprint density at radius 1 is 1.00 bits per heavy atom. The number of halogens is 1. The van der Waals surface area contributed by atoms with Crippen LogP contribution < -0.4 is 4.74 Å². The summed E-state index contributed by atoms with van der Waals surface area (Å²) in [6.45, 7) is 3.99. The van der Waals surface area contributed by atoms with Crippen LogP contribution in [0.15, 0.2) is 54.9 Å². The van der Waals surface area contributed by atoms with E-state index in [9.17, 15) is 4.39 Å². The van der Waals surface area contributed by atoms with Gasteiger partial charge in [-0.15, -0.1) is 0 Å². The molecular weight excluding hydrogens is 302 g/mol. The molecule has 0 N–H and O–H groups in total. The Hall–Kier alpha value is -2.49. The Labute approximate surface area is 141 Å². The largest absolute Gasteiger partial charge is 0.477 e. The van der Waals surface area contributed by atoms with Gasteiger partial charge in [0.05, 0.1) is 24.2 Å². The molecular formula is C20H21FN2O. The lowest BCUT2D eigenvalue weighted by atomic mass is 9.85. The molecule has 4 heteroatoms. The van der Waals surface area contributed by atoms with Gasteiger partial charge in [-0.2, -0.15) is 0 Å². The van der Waals surface area contributed by atoms with Gasteiger partial charge in [-0.1, -0.05) is 50.2 Å². The Morgan fingerprint density at radius 3 is 2.50 bits per heavy atom. The Bertz CT molecular complexity index is 810. The van der Waals surface area contributed by atoms with Crippen LogP contribution in [-0.2, 0) is 11.8 Å². The van der Waals surface area contributed by atoms with E-state index in [2.05, 4.69) is 9.97 Å². The predicted octanol–water partition coefficient (Wildman–Crippen LogP) is 4.50. The lowest BCUT2D eigenvalue weighted by Gasteiger charge is -2.21. The number of ether oxygens (including phenoxy) is 1. The molecule has 0 spiro atoms. The van der Waals surface area contributed by atoms with Gasteiger partial charge in [0, 0.05) is 11.8 Å². The van der Waals surface area contributed by atoms with E-state index in [1.165, 1.54) is 6.33 Å². The SMILES string of the molecule is CC(C)(C[18F])c1ccc(CCOc2ncnc3ccccc23)cc1. The number of nitrogens with zero attached hydrogens (tertiary/aromatic N) is 2. The van der Waals surface area contributed by atoms with E-state index in [0.29, 0.717) is 12.5 Å². The van der Waals surface area contributed by atoms with Crippen LogP contribution >= 0.6 is 0 Å². The molecule has 1 aromatic heterocycles. The minimum atomic E-state index is -0.436. The average molecular weight is 323 g/mol. The van der Waals surface area contributed by atoms with Crippen LogP contribution in [0.25, 0.3) is 10.9 Å². The Morgan fingerprint density at radius 2 is 1.75 bits per heavy atom. The zero-order valence-corrected chi connectivity index (χ0v) is 14.0. The highest BCUT2D eigenvalue weighted by Gasteiger charge is 2.19. The summed E-state index contributed by atoms with van der Waals surface area (Å²) < 4.78 is 18.9. The van der Waals surface area contributed by atoms with Gasteiger partial charge in [-0.3, -0.25) is 4.39 Å². The van der Waals surface area contributed by atoms with Gasteiger partial charge in [0.25, 0.3) is 0 Å². The van der Waals surface area contributed by atoms with Gasteiger partial charge in [0.2, 0.25) is 5.88 Å². The highest BCUT2D eigenvalue weighted by Crippen LogP contribution is 2.24. The van der Waals surface area contributed by atoms with Crippen LogP contribution in [0.3, 0.4) is 0 Å². The van der Waals surface area contributed by atoms with E-state index in [1.807, 2.05) is 62.4 Å². The number of fused-ring (bicyclic) bond motifs is 1. The van der Waals surface area contributed by atoms with E-state index >= 15 is 0 Å². The topological polar surface area (TPSA) is 35.0 Å². The van der Waals surface area contributed by atoms with E-state index < -0.39 is 5.41 Å². The highest BCUT2D eigenvalue weighted by atomic mass is 18.2. The fourth-order valence-corrected chi connectivity index (χ4v) is 2.56. The van der Waals surface area contributed by atoms with Crippen molar-refractivity contribution in [3.05, 3.63) is 66.0 Å². The van der Waals surface area contributed by atoms with Crippen LogP contribution in [-0.4, -0.2) is 23.2 Å². The highest BCUT2D eigenvalue weighted by molar-refractivity contribution is 5.82. The fraction of sp³-hybridized carbons (Fsp3) is 0.300. The second kappa shape index (κ2) is 6.95. The molecule has 0 amide bonds. The summed E-state index contributed by atoms with van der Waals surface area (Å²) in [5.41, 5.74) is 2.61. The first-order valence-corrected chi connectivity index (χ1v) is 8.08. The summed E-state index contributed by atoms with van der Waals surface area (Å²) in [6, 6.07) is 15.9. The van der Waals surface area contributed by atoms with Crippen molar-refractivity contribution in [3.63, 3.8) is 0 Å². The summed E-state index contributed by atoms with van der Waals surface area (Å²) in [4.78, 5) is 8.45. The van der Waals surface area contributed by atoms with Crippen molar-refractivity contribution in [3.8, 4) is 5.88 Å². The molecule has 1 heterocycles. The first-order chi connectivity index (χ1) is 11.6. The molecule has 124 valence electrons. The van der Waals surface area contributed by atoms with Crippen LogP contribution in [0.1, 0.15) is 25.0 Å². The number of rotatable bonds is 6. The molecule has 0 atom stereocenters. The van der Waals surface area contributed by atoms with Gasteiger partial charge >= 0.3 is 0 Å². The van der Waals surface area contributed by atoms with Gasteiger partial charge < -0.3 is 4.74 Å². The molecule has 3 rings (SSSR count). The smallest absolute Gasteiger partial charge is 0.224 e. The molecule has 0 saturated carbocycles. The maximum Gasteiger partial charge on any atom is 0.224 e. The van der Waals surface area contributed by atoms with Crippen molar-refractivity contribution in [1.29, 1.82) is 0 Å². The number of para-hydroxylation sites is 1. The van der Waals surface area contributed by atoms with Crippen molar-refractivity contribution in [2.75, 3.05) is 13.3 Å². The van der Waals surface area contributed by atoms with Crippen molar-refractivity contribution in [1.82, 2.24) is 9.97 Å². The number of hydrogen-bond donors (Lipinski definition) is 0. The lowest BCUT2D eigenvalue weighted by Crippen LogP contribution is -2.19. The van der Waals surface area contributed by atoms with E-state index in [4.69, 9.17) is 4.74 Å². The van der Waals surface area contributed by atoms with Crippen LogP contribution in [0.5, 0.6) is 5.88 Å². The molecule has 0 radical (unpaired) electrons. The lowest BCUT2D eigenvalue weighted by molar-refractivity contribution is 0.313. The Balaban J connectivity index is 1.64. The summed E-state index contributed by atoms with van der Waals surface area (Å²) in [6.07, 6.45) is 2.29. The summed E-state index contributed by atoms with van der Waals surface area (Å²) >= 11 is 0. The molecule has 0 aliphatic rings. The molecule has 0 bridgehead atoms. The molecule has 0 aliphatic heterocycles. The molecule has 3 aromatic rings. The maximum atomic E-state index is 13.0. The zero-order valence-electron chi connectivity index (χ0n) is 14.0. The monoisotopic (exact) mass is 323 g/mol. The molecule has 0 unspecified atom stereocenters. The second-order valence-electron chi connectivity index (χ2n) is 6.51. The van der Waals surface area contributed by atoms with Gasteiger partial charge in [0.1, 0.15) is 6.33 Å². The van der Waals surface area contributed by atoms with Crippen molar-refractivity contribution < 1.29 is 9.13 Å². The number of alkyl halides is 1. The fourth-order valence-electron chi connectivity index (χ4n) is 2.56. The van der Waals surface area contributed by atoms with Crippen LogP contribution in [0.4, 0.5) is 4.39 Å². The van der Waals surface area contributed by atoms with Crippen molar-refractivity contribution >= 4 is 10.9 Å². The normalized spacial score (nSPS) is 11.6. The maximum absolute atomic E-state index is 13.0. The third kappa shape index (κ3) is 3.53. The molecule has 24 heavy (non-hydrogen) atoms. The van der Waals surface area contributed by atoms with Gasteiger partial charge in [-0.25, -0.2) is 9.97 Å². The van der Waals surface area contributed by atoms with E-state index in [-0.39, 0.29) is 6.67 Å². The summed E-state index contributed by atoms with van der Waals surface area (Å²) in [5.74, 6) is 0.607. The molecule has 0 fully saturated rings. The molecule has 0 aliphatic carbocycles. The van der Waals surface area contributed by atoms with E-state index in [0.717, 1.165) is 28.5 Å². The summed E-state index contributed by atoms with van der Waals surface area (Å²) in [5, 5.41) is 0.917. The minimum absolute atomic E-state index is 0.365.